The van der Waals surface area contributed by atoms with Crippen molar-refractivity contribution in [2.24, 2.45) is 0 Å². The van der Waals surface area contributed by atoms with Gasteiger partial charge in [0.25, 0.3) is 0 Å². The van der Waals surface area contributed by atoms with Crippen LogP contribution >= 0.6 is 0 Å². The highest BCUT2D eigenvalue weighted by atomic mass is 15.0. The van der Waals surface area contributed by atoms with Crippen LogP contribution in [0.1, 0.15) is 0 Å². The third-order valence-electron chi connectivity index (χ3n) is 11.0. The Morgan fingerprint density at radius 2 is 0.873 bits per heavy atom. The maximum Gasteiger partial charge on any atom is 0.160 e. The Morgan fingerprint density at radius 3 is 1.56 bits per heavy atom. The third-order valence-corrected chi connectivity index (χ3v) is 11.0. The second-order valence-electron chi connectivity index (χ2n) is 14.2. The highest BCUT2D eigenvalue weighted by Crippen LogP contribution is 2.37. The fourth-order valence-corrected chi connectivity index (χ4v) is 8.30. The minimum absolute atomic E-state index is 0.706. The minimum atomic E-state index is 0.706. The summed E-state index contributed by atoms with van der Waals surface area (Å²) in [6.45, 7) is 0. The van der Waals surface area contributed by atoms with E-state index in [1.165, 1.54) is 65.3 Å². The van der Waals surface area contributed by atoms with Gasteiger partial charge in [-0.1, -0.05) is 158 Å². The molecule has 0 aliphatic carbocycles. The first-order valence-corrected chi connectivity index (χ1v) is 18.7. The molecule has 0 unspecified atom stereocenters. The zero-order chi connectivity index (χ0) is 36.3. The molecular weight excluding hydrogens is 667 g/mol. The van der Waals surface area contributed by atoms with E-state index in [0.717, 1.165) is 33.8 Å². The van der Waals surface area contributed by atoms with E-state index < -0.39 is 0 Å². The molecule has 0 bridgehead atoms. The molecule has 0 atom stereocenters. The molecule has 11 aromatic rings. The van der Waals surface area contributed by atoms with Gasteiger partial charge in [-0.2, -0.15) is 0 Å². The number of hydrogen-bond acceptors (Lipinski definition) is 2. The van der Waals surface area contributed by atoms with Crippen LogP contribution in [0.2, 0.25) is 0 Å². The zero-order valence-corrected chi connectivity index (χ0v) is 29.9. The summed E-state index contributed by atoms with van der Waals surface area (Å²) in [6.07, 6.45) is 0. The maximum absolute atomic E-state index is 5.12. The first-order valence-electron chi connectivity index (χ1n) is 18.7. The van der Waals surface area contributed by atoms with E-state index in [1.54, 1.807) is 0 Å². The van der Waals surface area contributed by atoms with Crippen molar-refractivity contribution in [1.82, 2.24) is 14.5 Å². The van der Waals surface area contributed by atoms with E-state index in [2.05, 4.69) is 187 Å². The predicted octanol–water partition coefficient (Wildman–Crippen LogP) is 13.7. The van der Waals surface area contributed by atoms with Crippen molar-refractivity contribution >= 4 is 54.1 Å². The van der Waals surface area contributed by atoms with Gasteiger partial charge in [0.1, 0.15) is 0 Å². The van der Waals surface area contributed by atoms with E-state index >= 15 is 0 Å². The molecule has 0 radical (unpaired) electrons. The van der Waals surface area contributed by atoms with Gasteiger partial charge in [-0.25, -0.2) is 9.97 Å². The van der Waals surface area contributed by atoms with Crippen LogP contribution in [-0.2, 0) is 0 Å². The fraction of sp³-hybridized carbons (Fsp3) is 0. The van der Waals surface area contributed by atoms with Crippen LogP contribution in [0.4, 0.5) is 0 Å². The number of aromatic nitrogens is 3. The molecule has 3 nitrogen and oxygen atoms in total. The van der Waals surface area contributed by atoms with Crippen LogP contribution in [-0.4, -0.2) is 14.5 Å². The second-order valence-corrected chi connectivity index (χ2v) is 14.2. The number of nitrogens with zero attached hydrogens (tertiary/aromatic N) is 3. The van der Waals surface area contributed by atoms with E-state index in [1.807, 2.05) is 18.2 Å². The standard InChI is InChI=1S/C52H33N3/c1-2-11-37(12-3-1)52-53-48(33-49(54-52)36-25-28-41(29-26-36)55-50-19-8-6-15-45(50)46-16-7-9-20-51(46)55)35-23-21-34(22-24-35)42-17-10-18-43-44(42)30-27-40-31-38-13-4-5-14-39(38)32-47(40)43/h1-33H. The molecule has 2 aromatic heterocycles. The SMILES string of the molecule is c1ccc(-c2nc(-c3ccc(-c4cccc5c4ccc4cc6ccccc6cc45)cc3)cc(-c3ccc(-n4c5ccccc5c5ccccc54)cc3)n2)cc1. The average Bonchev–Trinajstić information content (AvgIpc) is 3.60. The van der Waals surface area contributed by atoms with Crippen LogP contribution in [0.5, 0.6) is 0 Å². The van der Waals surface area contributed by atoms with Crippen molar-refractivity contribution < 1.29 is 0 Å². The molecule has 0 fully saturated rings. The number of benzene rings is 9. The molecule has 0 amide bonds. The van der Waals surface area contributed by atoms with Crippen molar-refractivity contribution in [2.75, 3.05) is 0 Å². The first kappa shape index (κ1) is 31.2. The second kappa shape index (κ2) is 12.6. The lowest BCUT2D eigenvalue weighted by Gasteiger charge is -2.13. The smallest absolute Gasteiger partial charge is 0.160 e. The monoisotopic (exact) mass is 699 g/mol. The molecule has 0 N–H and O–H groups in total. The molecule has 0 saturated heterocycles. The number of fused-ring (bicyclic) bond motifs is 7. The van der Waals surface area contributed by atoms with Gasteiger partial charge in [-0.05, 0) is 85.9 Å². The van der Waals surface area contributed by atoms with Crippen LogP contribution < -0.4 is 0 Å². The Labute approximate surface area is 318 Å². The van der Waals surface area contributed by atoms with Crippen LogP contribution in [0.15, 0.2) is 200 Å². The van der Waals surface area contributed by atoms with E-state index in [4.69, 9.17) is 9.97 Å². The molecule has 11 rings (SSSR count). The summed E-state index contributed by atoms with van der Waals surface area (Å²) in [5.74, 6) is 0.706. The third kappa shape index (κ3) is 5.28. The minimum Gasteiger partial charge on any atom is -0.309 e. The van der Waals surface area contributed by atoms with Gasteiger partial charge in [0, 0.05) is 33.2 Å². The number of hydrogen-bond donors (Lipinski definition) is 0. The normalized spacial score (nSPS) is 11.6. The molecular formula is C52H33N3. The lowest BCUT2D eigenvalue weighted by molar-refractivity contribution is 1.17. The number of rotatable bonds is 5. The lowest BCUT2D eigenvalue weighted by atomic mass is 9.93. The van der Waals surface area contributed by atoms with Crippen molar-refractivity contribution in [3.63, 3.8) is 0 Å². The summed E-state index contributed by atoms with van der Waals surface area (Å²) >= 11 is 0. The molecule has 256 valence electrons. The van der Waals surface area contributed by atoms with Gasteiger partial charge in [-0.3, -0.25) is 0 Å². The lowest BCUT2D eigenvalue weighted by Crippen LogP contribution is -1.97. The Bertz CT molecular complexity index is 3180. The summed E-state index contributed by atoms with van der Waals surface area (Å²) in [7, 11) is 0. The van der Waals surface area contributed by atoms with Crippen molar-refractivity contribution in [1.29, 1.82) is 0 Å². The zero-order valence-electron chi connectivity index (χ0n) is 29.9. The predicted molar refractivity (Wildman–Crippen MR) is 231 cm³/mol. The quantitative estimate of drug-likeness (QED) is 0.132. The van der Waals surface area contributed by atoms with E-state index in [9.17, 15) is 0 Å². The molecule has 0 saturated carbocycles. The van der Waals surface area contributed by atoms with Crippen molar-refractivity contribution in [3.8, 4) is 50.7 Å². The topological polar surface area (TPSA) is 30.7 Å². The molecule has 0 aliphatic rings. The molecule has 55 heavy (non-hydrogen) atoms. The Hall–Kier alpha value is -7.36. The van der Waals surface area contributed by atoms with Crippen LogP contribution in [0, 0.1) is 0 Å². The van der Waals surface area contributed by atoms with Gasteiger partial charge >= 0.3 is 0 Å². The summed E-state index contributed by atoms with van der Waals surface area (Å²) < 4.78 is 2.34. The molecule has 0 spiro atoms. The van der Waals surface area contributed by atoms with Crippen molar-refractivity contribution in [3.05, 3.63) is 200 Å². The van der Waals surface area contributed by atoms with E-state index in [0.29, 0.717) is 5.82 Å². The highest BCUT2D eigenvalue weighted by Gasteiger charge is 2.15. The largest absolute Gasteiger partial charge is 0.309 e. The van der Waals surface area contributed by atoms with Crippen molar-refractivity contribution in [2.45, 2.75) is 0 Å². The fourth-order valence-electron chi connectivity index (χ4n) is 8.30. The Morgan fingerprint density at radius 1 is 0.309 bits per heavy atom. The summed E-state index contributed by atoms with van der Waals surface area (Å²) in [4.78, 5) is 10.2. The Balaban J connectivity index is 0.987. The molecule has 2 heterocycles. The Kier molecular flexibility index (Phi) is 7.17. The highest BCUT2D eigenvalue weighted by molar-refractivity contribution is 6.15. The summed E-state index contributed by atoms with van der Waals surface area (Å²) in [5.41, 5.74) is 10.7. The van der Waals surface area contributed by atoms with Gasteiger partial charge < -0.3 is 4.57 Å². The van der Waals surface area contributed by atoms with Gasteiger partial charge in [-0.15, -0.1) is 0 Å². The molecule has 0 aliphatic heterocycles. The molecule has 3 heteroatoms. The average molecular weight is 700 g/mol. The summed E-state index contributed by atoms with van der Waals surface area (Å²) in [5, 5.41) is 10.1. The molecule has 9 aromatic carbocycles. The number of para-hydroxylation sites is 2. The van der Waals surface area contributed by atoms with Crippen LogP contribution in [0.3, 0.4) is 0 Å². The van der Waals surface area contributed by atoms with Gasteiger partial charge in [0.05, 0.1) is 22.4 Å². The maximum atomic E-state index is 5.12. The van der Waals surface area contributed by atoms with Gasteiger partial charge in [0.15, 0.2) is 5.82 Å². The van der Waals surface area contributed by atoms with E-state index in [-0.39, 0.29) is 0 Å². The van der Waals surface area contributed by atoms with Crippen LogP contribution in [0.25, 0.3) is 105 Å². The summed E-state index contributed by atoms with van der Waals surface area (Å²) in [6, 6.07) is 71.6. The van der Waals surface area contributed by atoms with Gasteiger partial charge in [0.2, 0.25) is 0 Å². The first-order chi connectivity index (χ1) is 27.2.